The van der Waals surface area contributed by atoms with Crippen LogP contribution in [0.15, 0.2) is 79.1 Å². The number of para-hydroxylation sites is 2. The molecule has 0 atom stereocenters. The molecule has 0 bridgehead atoms. The zero-order valence-corrected chi connectivity index (χ0v) is 14.6. The summed E-state index contributed by atoms with van der Waals surface area (Å²) in [4.78, 5) is 14.1. The maximum absolute atomic E-state index is 12.5. The van der Waals surface area contributed by atoms with Crippen molar-refractivity contribution in [1.29, 1.82) is 0 Å². The molecule has 0 aliphatic rings. The first-order chi connectivity index (χ1) is 13.3. The zero-order chi connectivity index (χ0) is 18.5. The van der Waals surface area contributed by atoms with Gasteiger partial charge in [0.15, 0.2) is 0 Å². The Bertz CT molecular complexity index is 1020. The van der Waals surface area contributed by atoms with Gasteiger partial charge >= 0.3 is 0 Å². The highest BCUT2D eigenvalue weighted by Gasteiger charge is 2.13. The van der Waals surface area contributed by atoms with E-state index in [1.165, 1.54) is 0 Å². The second kappa shape index (κ2) is 7.65. The van der Waals surface area contributed by atoms with Gasteiger partial charge in [-0.2, -0.15) is 20.1 Å². The fourth-order valence-electron chi connectivity index (χ4n) is 2.74. The van der Waals surface area contributed by atoms with Crippen molar-refractivity contribution in [2.24, 2.45) is 0 Å². The van der Waals surface area contributed by atoms with Crippen LogP contribution in [0, 0.1) is 0 Å². The standard InChI is InChI=1S/C20H18N6O/c27-20(19-12-14-22-25(19)17-7-3-1-4-8-17)21-13-11-16-15-23-26(24-16)18-9-5-2-6-10-18/h1-10,12,14-15H,11,13H2,(H,21,27). The summed E-state index contributed by atoms with van der Waals surface area (Å²) in [6.45, 7) is 0.465. The topological polar surface area (TPSA) is 77.6 Å². The van der Waals surface area contributed by atoms with E-state index >= 15 is 0 Å². The minimum atomic E-state index is -0.174. The predicted molar refractivity (Wildman–Crippen MR) is 101 cm³/mol. The number of carbonyl (C=O) groups excluding carboxylic acids is 1. The molecule has 0 spiro atoms. The molecule has 2 heterocycles. The van der Waals surface area contributed by atoms with E-state index in [1.54, 1.807) is 27.9 Å². The van der Waals surface area contributed by atoms with Gasteiger partial charge in [-0.05, 0) is 30.3 Å². The van der Waals surface area contributed by atoms with Crippen LogP contribution in [0.5, 0.6) is 0 Å². The Hall–Kier alpha value is -3.74. The van der Waals surface area contributed by atoms with Gasteiger partial charge in [0.2, 0.25) is 0 Å². The molecule has 2 aromatic carbocycles. The lowest BCUT2D eigenvalue weighted by Gasteiger charge is -2.07. The number of hydrogen-bond acceptors (Lipinski definition) is 4. The largest absolute Gasteiger partial charge is 0.350 e. The van der Waals surface area contributed by atoms with Gasteiger partial charge in [0.05, 0.1) is 29.5 Å². The predicted octanol–water partition coefficient (Wildman–Crippen LogP) is 2.43. The minimum Gasteiger partial charge on any atom is -0.350 e. The molecule has 0 saturated heterocycles. The van der Waals surface area contributed by atoms with Gasteiger partial charge < -0.3 is 5.32 Å². The molecule has 4 aromatic rings. The van der Waals surface area contributed by atoms with Crippen LogP contribution in [0.1, 0.15) is 16.2 Å². The van der Waals surface area contributed by atoms with Gasteiger partial charge in [0, 0.05) is 13.0 Å². The molecule has 0 aliphatic heterocycles. The molecule has 1 amide bonds. The van der Waals surface area contributed by atoms with E-state index in [0.29, 0.717) is 18.7 Å². The van der Waals surface area contributed by atoms with Gasteiger partial charge in [0.1, 0.15) is 5.69 Å². The van der Waals surface area contributed by atoms with Crippen molar-refractivity contribution < 1.29 is 4.79 Å². The van der Waals surface area contributed by atoms with E-state index in [-0.39, 0.29) is 5.91 Å². The summed E-state index contributed by atoms with van der Waals surface area (Å²) in [5.74, 6) is -0.174. The Labute approximate surface area is 156 Å². The molecule has 0 aliphatic carbocycles. The molecule has 4 rings (SSSR count). The monoisotopic (exact) mass is 358 g/mol. The van der Waals surface area contributed by atoms with Gasteiger partial charge in [-0.15, -0.1) is 0 Å². The smallest absolute Gasteiger partial charge is 0.270 e. The van der Waals surface area contributed by atoms with Crippen molar-refractivity contribution in [2.75, 3.05) is 6.54 Å². The summed E-state index contributed by atoms with van der Waals surface area (Å²) in [6, 6.07) is 21.0. The Balaban J connectivity index is 1.37. The van der Waals surface area contributed by atoms with Crippen LogP contribution in [-0.2, 0) is 6.42 Å². The molecule has 7 heteroatoms. The van der Waals surface area contributed by atoms with E-state index in [9.17, 15) is 4.79 Å². The lowest BCUT2D eigenvalue weighted by Crippen LogP contribution is -2.28. The van der Waals surface area contributed by atoms with E-state index in [4.69, 9.17) is 0 Å². The van der Waals surface area contributed by atoms with Crippen LogP contribution in [0.25, 0.3) is 11.4 Å². The third kappa shape index (κ3) is 3.77. The fraction of sp³-hybridized carbons (Fsp3) is 0.100. The van der Waals surface area contributed by atoms with E-state index in [0.717, 1.165) is 17.1 Å². The Morgan fingerprint density at radius 2 is 1.59 bits per heavy atom. The maximum atomic E-state index is 12.5. The first-order valence-corrected chi connectivity index (χ1v) is 8.65. The molecular formula is C20H18N6O. The molecule has 134 valence electrons. The van der Waals surface area contributed by atoms with Gasteiger partial charge in [-0.1, -0.05) is 36.4 Å². The molecular weight excluding hydrogens is 340 g/mol. The van der Waals surface area contributed by atoms with Crippen LogP contribution in [-0.4, -0.2) is 37.2 Å². The number of amides is 1. The molecule has 2 aromatic heterocycles. The van der Waals surface area contributed by atoms with E-state index in [1.807, 2.05) is 60.7 Å². The number of benzene rings is 2. The van der Waals surface area contributed by atoms with Crippen LogP contribution in [0.3, 0.4) is 0 Å². The molecule has 0 fully saturated rings. The SMILES string of the molecule is O=C(NCCc1cnn(-c2ccccc2)n1)c1ccnn1-c1ccccc1. The minimum absolute atomic E-state index is 0.174. The van der Waals surface area contributed by atoms with Gasteiger partial charge in [-0.25, -0.2) is 4.68 Å². The molecule has 7 nitrogen and oxygen atoms in total. The van der Waals surface area contributed by atoms with Crippen molar-refractivity contribution in [3.63, 3.8) is 0 Å². The number of hydrogen-bond donors (Lipinski definition) is 1. The highest BCUT2D eigenvalue weighted by atomic mass is 16.2. The lowest BCUT2D eigenvalue weighted by atomic mass is 10.3. The van der Waals surface area contributed by atoms with Gasteiger partial charge in [-0.3, -0.25) is 4.79 Å². The number of nitrogens with zero attached hydrogens (tertiary/aromatic N) is 5. The Morgan fingerprint density at radius 1 is 0.889 bits per heavy atom. The number of rotatable bonds is 6. The van der Waals surface area contributed by atoms with Crippen molar-refractivity contribution >= 4 is 5.91 Å². The third-order valence-electron chi connectivity index (χ3n) is 4.07. The van der Waals surface area contributed by atoms with Crippen LogP contribution < -0.4 is 5.32 Å². The highest BCUT2D eigenvalue weighted by Crippen LogP contribution is 2.10. The summed E-state index contributed by atoms with van der Waals surface area (Å²) < 4.78 is 1.63. The van der Waals surface area contributed by atoms with Gasteiger partial charge in [0.25, 0.3) is 5.91 Å². The first-order valence-electron chi connectivity index (χ1n) is 8.65. The average Bonchev–Trinajstić information content (AvgIpc) is 3.39. The molecule has 1 N–H and O–H groups in total. The van der Waals surface area contributed by atoms with Crippen LogP contribution in [0.2, 0.25) is 0 Å². The van der Waals surface area contributed by atoms with E-state index < -0.39 is 0 Å². The fourth-order valence-corrected chi connectivity index (χ4v) is 2.74. The second-order valence-corrected chi connectivity index (χ2v) is 5.93. The second-order valence-electron chi connectivity index (χ2n) is 5.93. The summed E-state index contributed by atoms with van der Waals surface area (Å²) in [7, 11) is 0. The number of carbonyl (C=O) groups is 1. The van der Waals surface area contributed by atoms with Crippen molar-refractivity contribution in [3.8, 4) is 11.4 Å². The summed E-state index contributed by atoms with van der Waals surface area (Å²) in [5.41, 5.74) is 3.06. The Morgan fingerprint density at radius 3 is 2.33 bits per heavy atom. The van der Waals surface area contributed by atoms with E-state index in [2.05, 4.69) is 20.6 Å². The average molecular weight is 358 g/mol. The quantitative estimate of drug-likeness (QED) is 0.574. The Kier molecular flexibility index (Phi) is 4.74. The number of nitrogens with one attached hydrogen (secondary N) is 1. The number of aromatic nitrogens is 5. The summed E-state index contributed by atoms with van der Waals surface area (Å²) in [6.07, 6.45) is 3.93. The third-order valence-corrected chi connectivity index (χ3v) is 4.07. The lowest BCUT2D eigenvalue weighted by molar-refractivity contribution is 0.0946. The molecule has 0 radical (unpaired) electrons. The summed E-state index contributed by atoms with van der Waals surface area (Å²) >= 11 is 0. The normalized spacial score (nSPS) is 10.7. The van der Waals surface area contributed by atoms with Crippen LogP contribution >= 0.6 is 0 Å². The van der Waals surface area contributed by atoms with Crippen molar-refractivity contribution in [3.05, 3.63) is 90.5 Å². The summed E-state index contributed by atoms with van der Waals surface area (Å²) in [5, 5.41) is 15.9. The molecule has 0 saturated carbocycles. The maximum Gasteiger partial charge on any atom is 0.270 e. The molecule has 0 unspecified atom stereocenters. The first kappa shape index (κ1) is 16.7. The molecule has 27 heavy (non-hydrogen) atoms. The zero-order valence-electron chi connectivity index (χ0n) is 14.6. The highest BCUT2D eigenvalue weighted by molar-refractivity contribution is 5.93. The van der Waals surface area contributed by atoms with Crippen molar-refractivity contribution in [1.82, 2.24) is 30.1 Å². The van der Waals surface area contributed by atoms with Crippen LogP contribution in [0.4, 0.5) is 0 Å². The van der Waals surface area contributed by atoms with Crippen molar-refractivity contribution in [2.45, 2.75) is 6.42 Å².